The molecule has 0 saturated carbocycles. The van der Waals surface area contributed by atoms with Gasteiger partial charge >= 0.3 is 5.97 Å². The number of nitrogens with zero attached hydrogens (tertiary/aromatic N) is 1. The molecule has 0 radical (unpaired) electrons. The van der Waals surface area contributed by atoms with Gasteiger partial charge in [-0.1, -0.05) is 13.0 Å². The standard InChI is InChI=1S/C13H17NO4S/c1-9(8-19)13(17)14(7-12(15)16)10-4-3-5-11(6-10)18-2/h3-6,9,19H,7-8H2,1-2H3,(H,15,16). The van der Waals surface area contributed by atoms with Gasteiger partial charge < -0.3 is 14.7 Å². The van der Waals surface area contributed by atoms with Crippen LogP contribution in [0.3, 0.4) is 0 Å². The summed E-state index contributed by atoms with van der Waals surface area (Å²) in [5.74, 6) is -0.764. The summed E-state index contributed by atoms with van der Waals surface area (Å²) in [7, 11) is 1.51. The fourth-order valence-electron chi connectivity index (χ4n) is 1.55. The predicted molar refractivity (Wildman–Crippen MR) is 76.0 cm³/mol. The summed E-state index contributed by atoms with van der Waals surface area (Å²) >= 11 is 4.07. The molecule has 1 unspecified atom stereocenters. The topological polar surface area (TPSA) is 66.8 Å². The highest BCUT2D eigenvalue weighted by Gasteiger charge is 2.23. The third-order valence-electron chi connectivity index (χ3n) is 2.62. The molecule has 0 spiro atoms. The van der Waals surface area contributed by atoms with Gasteiger partial charge in [0, 0.05) is 23.4 Å². The first-order valence-electron chi connectivity index (χ1n) is 5.77. The molecule has 0 saturated heterocycles. The Hall–Kier alpha value is -1.69. The molecular weight excluding hydrogens is 266 g/mol. The number of ether oxygens (including phenoxy) is 1. The van der Waals surface area contributed by atoms with Crippen LogP contribution in [-0.2, 0) is 9.59 Å². The Morgan fingerprint density at radius 3 is 2.68 bits per heavy atom. The summed E-state index contributed by atoms with van der Waals surface area (Å²) in [6.07, 6.45) is 0. The second kappa shape index (κ2) is 7.04. The van der Waals surface area contributed by atoms with Gasteiger partial charge in [0.15, 0.2) is 0 Å². The van der Waals surface area contributed by atoms with E-state index in [0.717, 1.165) is 0 Å². The quantitative estimate of drug-likeness (QED) is 0.780. The molecule has 19 heavy (non-hydrogen) atoms. The van der Waals surface area contributed by atoms with Crippen molar-refractivity contribution in [3.63, 3.8) is 0 Å². The number of hydrogen-bond donors (Lipinski definition) is 2. The van der Waals surface area contributed by atoms with E-state index < -0.39 is 5.97 Å². The maximum Gasteiger partial charge on any atom is 0.323 e. The van der Waals surface area contributed by atoms with Gasteiger partial charge in [0.2, 0.25) is 5.91 Å². The van der Waals surface area contributed by atoms with Crippen LogP contribution in [0.5, 0.6) is 5.75 Å². The van der Waals surface area contributed by atoms with Gasteiger partial charge in [0.1, 0.15) is 12.3 Å². The van der Waals surface area contributed by atoms with Crippen LogP contribution in [-0.4, -0.2) is 36.4 Å². The van der Waals surface area contributed by atoms with Gasteiger partial charge in [-0.2, -0.15) is 12.6 Å². The van der Waals surface area contributed by atoms with Crippen LogP contribution in [0, 0.1) is 5.92 Å². The minimum absolute atomic E-state index is 0.273. The number of hydrogen-bond acceptors (Lipinski definition) is 4. The number of carboxylic acids is 1. The summed E-state index contributed by atoms with van der Waals surface area (Å²) in [5.41, 5.74) is 0.500. The van der Waals surface area contributed by atoms with Gasteiger partial charge in [-0.15, -0.1) is 0 Å². The fraction of sp³-hybridized carbons (Fsp3) is 0.385. The molecule has 1 atom stereocenters. The van der Waals surface area contributed by atoms with Crippen molar-refractivity contribution in [1.82, 2.24) is 0 Å². The summed E-state index contributed by atoms with van der Waals surface area (Å²) in [5, 5.41) is 8.93. The largest absolute Gasteiger partial charge is 0.497 e. The van der Waals surface area contributed by atoms with Crippen molar-refractivity contribution in [3.8, 4) is 5.75 Å². The van der Waals surface area contributed by atoms with Crippen molar-refractivity contribution in [2.75, 3.05) is 24.3 Å². The van der Waals surface area contributed by atoms with Crippen LogP contribution in [0.2, 0.25) is 0 Å². The third-order valence-corrected chi connectivity index (χ3v) is 3.17. The molecule has 0 bridgehead atoms. The minimum Gasteiger partial charge on any atom is -0.497 e. The number of aliphatic carboxylic acids is 1. The number of thiol groups is 1. The number of carbonyl (C=O) groups is 2. The molecule has 1 aromatic carbocycles. The van der Waals surface area contributed by atoms with Crippen molar-refractivity contribution in [1.29, 1.82) is 0 Å². The fourth-order valence-corrected chi connectivity index (χ4v) is 1.71. The van der Waals surface area contributed by atoms with Crippen LogP contribution in [0.4, 0.5) is 5.69 Å². The molecule has 6 heteroatoms. The van der Waals surface area contributed by atoms with E-state index in [1.807, 2.05) is 0 Å². The van der Waals surface area contributed by atoms with Gasteiger partial charge in [-0.25, -0.2) is 0 Å². The molecule has 0 fully saturated rings. The molecule has 1 aromatic rings. The van der Waals surface area contributed by atoms with Crippen LogP contribution < -0.4 is 9.64 Å². The van der Waals surface area contributed by atoms with E-state index in [-0.39, 0.29) is 18.4 Å². The van der Waals surface area contributed by atoms with Gasteiger partial charge in [0.25, 0.3) is 0 Å². The first-order chi connectivity index (χ1) is 8.99. The van der Waals surface area contributed by atoms with Crippen molar-refractivity contribution in [3.05, 3.63) is 24.3 Å². The summed E-state index contributed by atoms with van der Waals surface area (Å²) in [6, 6.07) is 6.75. The number of carbonyl (C=O) groups excluding carboxylic acids is 1. The maximum atomic E-state index is 12.2. The summed E-state index contributed by atoms with van der Waals surface area (Å²) in [6.45, 7) is 1.33. The lowest BCUT2D eigenvalue weighted by Crippen LogP contribution is -2.39. The minimum atomic E-state index is -1.07. The maximum absolute atomic E-state index is 12.2. The molecule has 0 aliphatic carbocycles. The van der Waals surface area contributed by atoms with Crippen LogP contribution in [0.1, 0.15) is 6.92 Å². The van der Waals surface area contributed by atoms with E-state index in [4.69, 9.17) is 9.84 Å². The molecular formula is C13H17NO4S. The molecule has 0 aromatic heterocycles. The normalized spacial score (nSPS) is 11.7. The molecule has 1 rings (SSSR count). The van der Waals surface area contributed by atoms with E-state index in [0.29, 0.717) is 17.2 Å². The number of anilines is 1. The molecule has 0 aliphatic heterocycles. The van der Waals surface area contributed by atoms with Crippen LogP contribution in [0.25, 0.3) is 0 Å². The first kappa shape index (κ1) is 15.4. The van der Waals surface area contributed by atoms with Crippen molar-refractivity contribution >= 4 is 30.2 Å². The molecule has 1 N–H and O–H groups in total. The summed E-state index contributed by atoms with van der Waals surface area (Å²) < 4.78 is 5.08. The molecule has 0 heterocycles. The van der Waals surface area contributed by atoms with Crippen LogP contribution >= 0.6 is 12.6 Å². The van der Waals surface area contributed by atoms with E-state index in [2.05, 4.69) is 12.6 Å². The lowest BCUT2D eigenvalue weighted by atomic mass is 10.1. The zero-order valence-electron chi connectivity index (χ0n) is 10.9. The highest BCUT2D eigenvalue weighted by Crippen LogP contribution is 2.22. The van der Waals surface area contributed by atoms with E-state index in [1.165, 1.54) is 12.0 Å². The Bertz CT molecular complexity index is 464. The van der Waals surface area contributed by atoms with Gasteiger partial charge in [-0.3, -0.25) is 9.59 Å². The monoisotopic (exact) mass is 283 g/mol. The van der Waals surface area contributed by atoms with Crippen molar-refractivity contribution in [2.24, 2.45) is 5.92 Å². The lowest BCUT2D eigenvalue weighted by molar-refractivity contribution is -0.137. The highest BCUT2D eigenvalue weighted by molar-refractivity contribution is 7.80. The van der Waals surface area contributed by atoms with Gasteiger partial charge in [-0.05, 0) is 12.1 Å². The average Bonchev–Trinajstić information content (AvgIpc) is 2.43. The molecule has 0 aliphatic rings. The number of methoxy groups -OCH3 is 1. The van der Waals surface area contributed by atoms with Gasteiger partial charge in [0.05, 0.1) is 7.11 Å². The Balaban J connectivity index is 3.08. The van der Waals surface area contributed by atoms with E-state index >= 15 is 0 Å². The van der Waals surface area contributed by atoms with Crippen LogP contribution in [0.15, 0.2) is 24.3 Å². The Labute approximate surface area is 117 Å². The van der Waals surface area contributed by atoms with Crippen molar-refractivity contribution in [2.45, 2.75) is 6.92 Å². The van der Waals surface area contributed by atoms with E-state index in [1.54, 1.807) is 31.2 Å². The number of benzene rings is 1. The molecule has 1 amide bonds. The number of carboxylic acid groups (broad SMARTS) is 1. The zero-order chi connectivity index (χ0) is 14.4. The second-order valence-electron chi connectivity index (χ2n) is 4.10. The van der Waals surface area contributed by atoms with Crippen molar-refractivity contribution < 1.29 is 19.4 Å². The third kappa shape index (κ3) is 4.17. The molecule has 5 nitrogen and oxygen atoms in total. The Morgan fingerprint density at radius 1 is 1.47 bits per heavy atom. The van der Waals surface area contributed by atoms with E-state index in [9.17, 15) is 9.59 Å². The Morgan fingerprint density at radius 2 is 2.16 bits per heavy atom. The first-order valence-corrected chi connectivity index (χ1v) is 6.41. The zero-order valence-corrected chi connectivity index (χ0v) is 11.8. The predicted octanol–water partition coefficient (Wildman–Crippen LogP) is 1.68. The summed E-state index contributed by atoms with van der Waals surface area (Å²) in [4.78, 5) is 24.3. The number of amides is 1. The number of rotatable bonds is 6. The smallest absolute Gasteiger partial charge is 0.323 e. The highest BCUT2D eigenvalue weighted by atomic mass is 32.1. The second-order valence-corrected chi connectivity index (χ2v) is 4.47. The average molecular weight is 283 g/mol. The lowest BCUT2D eigenvalue weighted by Gasteiger charge is -2.24. The molecule has 104 valence electrons. The SMILES string of the molecule is COc1cccc(N(CC(=O)O)C(=O)C(C)CS)c1. The Kier molecular flexibility index (Phi) is 5.69.